The van der Waals surface area contributed by atoms with E-state index in [1.165, 1.54) is 6.20 Å². The van der Waals surface area contributed by atoms with E-state index in [1.807, 2.05) is 20.8 Å². The molecule has 0 unspecified atom stereocenters. The van der Waals surface area contributed by atoms with Crippen LogP contribution in [0.15, 0.2) is 18.5 Å². The first kappa shape index (κ1) is 33.4. The number of likely N-dealkylation sites (tertiary alicyclic amines) is 2. The molecule has 2 atom stereocenters. The first-order valence-electron chi connectivity index (χ1n) is 15.1. The van der Waals surface area contributed by atoms with Gasteiger partial charge in [0, 0.05) is 45.0 Å². The molecular weight excluding hydrogens is 535 g/mol. The zero-order valence-electron chi connectivity index (χ0n) is 26.1. The fourth-order valence-corrected chi connectivity index (χ4v) is 5.39. The summed E-state index contributed by atoms with van der Waals surface area (Å²) in [6, 6.07) is 1.04. The molecule has 11 heteroatoms. The Hall–Kier alpha value is -3.11. The number of hydrogen-bond acceptors (Lipinski definition) is 7. The number of pyridine rings is 1. The molecule has 0 aromatic carbocycles. The van der Waals surface area contributed by atoms with Crippen molar-refractivity contribution in [2.45, 2.75) is 104 Å². The van der Waals surface area contributed by atoms with E-state index in [-0.39, 0.29) is 30.2 Å². The smallest absolute Gasteiger partial charge is 0.410 e. The number of nitrogens with one attached hydrogen (secondary N) is 1. The van der Waals surface area contributed by atoms with Gasteiger partial charge in [-0.25, -0.2) is 4.79 Å². The normalized spacial score (nSPS) is 19.1. The molecule has 0 bridgehead atoms. The summed E-state index contributed by atoms with van der Waals surface area (Å²) in [6.45, 7) is 13.2. The number of hydrogen-bond donors (Lipinski definition) is 1. The van der Waals surface area contributed by atoms with Gasteiger partial charge in [-0.1, -0.05) is 11.5 Å². The average molecular weight is 583 g/mol. The van der Waals surface area contributed by atoms with Gasteiger partial charge in [-0.2, -0.15) is 0 Å². The van der Waals surface area contributed by atoms with Crippen LogP contribution in [0.3, 0.4) is 0 Å². The highest BCUT2D eigenvalue weighted by atomic mass is 16.6. The maximum Gasteiger partial charge on any atom is 0.410 e. The molecule has 1 aromatic rings. The van der Waals surface area contributed by atoms with Crippen molar-refractivity contribution >= 4 is 37.2 Å². The Bertz CT molecular complexity index is 1110. The molecule has 1 N–H and O–H groups in total. The summed E-state index contributed by atoms with van der Waals surface area (Å²) in [7, 11) is 5.92. The number of carbonyl (C=O) groups excluding carboxylic acids is 4. The lowest BCUT2D eigenvalue weighted by molar-refractivity contribution is -0.155. The summed E-state index contributed by atoms with van der Waals surface area (Å²) in [6.07, 6.45) is 7.00. The summed E-state index contributed by atoms with van der Waals surface area (Å²) in [5, 5.41) is 3.00. The van der Waals surface area contributed by atoms with Gasteiger partial charge in [0.05, 0.1) is 18.4 Å². The summed E-state index contributed by atoms with van der Waals surface area (Å²) in [5.41, 5.74) is -0.120. The molecule has 2 saturated heterocycles. The summed E-state index contributed by atoms with van der Waals surface area (Å²) in [5.74, 6) is -0.606. The SMILES string of the molecule is [B]c1cncc([C@H](CC(=O)OC(C)(C)C)NC(=O)[C@@H]2CCCN(C(=O)CCC3CCN(C(=O)OC(C)(C)C)CC3)C2)c1. The zero-order valence-corrected chi connectivity index (χ0v) is 26.1. The van der Waals surface area contributed by atoms with Crippen molar-refractivity contribution in [2.75, 3.05) is 26.2 Å². The number of aromatic nitrogens is 1. The third-order valence-electron chi connectivity index (χ3n) is 7.47. The topological polar surface area (TPSA) is 118 Å². The van der Waals surface area contributed by atoms with E-state index in [4.69, 9.17) is 17.3 Å². The Balaban J connectivity index is 1.51. The molecule has 2 aliphatic rings. The molecule has 1 aromatic heterocycles. The molecule has 2 fully saturated rings. The molecule has 0 aliphatic carbocycles. The van der Waals surface area contributed by atoms with Crippen LogP contribution in [0.1, 0.15) is 98.1 Å². The van der Waals surface area contributed by atoms with Gasteiger partial charge in [0.1, 0.15) is 19.0 Å². The van der Waals surface area contributed by atoms with E-state index < -0.39 is 23.2 Å². The molecule has 230 valence electrons. The largest absolute Gasteiger partial charge is 0.460 e. The van der Waals surface area contributed by atoms with E-state index in [0.717, 1.165) is 25.7 Å². The van der Waals surface area contributed by atoms with E-state index in [9.17, 15) is 19.2 Å². The Labute approximate surface area is 251 Å². The highest BCUT2D eigenvalue weighted by molar-refractivity contribution is 6.32. The molecule has 0 saturated carbocycles. The lowest BCUT2D eigenvalue weighted by Gasteiger charge is -2.35. The van der Waals surface area contributed by atoms with Crippen LogP contribution in [0.25, 0.3) is 0 Å². The maximum atomic E-state index is 13.4. The standard InChI is InChI=1S/C31H47BN4O6/c1-30(2,3)41-27(38)17-25(23-16-24(32)19-33-18-23)34-28(39)22-8-7-13-36(20-22)26(37)10-9-21-11-14-35(15-12-21)29(40)42-31(4,5)6/h16,18-19,21-22,25H,7-15,17,20H2,1-6H3,(H,34,39)/t22-,25+/m1/s1. The molecule has 0 spiro atoms. The number of carbonyl (C=O) groups is 4. The third-order valence-corrected chi connectivity index (χ3v) is 7.47. The molecular formula is C31H47BN4O6. The lowest BCUT2D eigenvalue weighted by Crippen LogP contribution is -2.46. The first-order valence-corrected chi connectivity index (χ1v) is 15.1. The van der Waals surface area contributed by atoms with Gasteiger partial charge in [-0.3, -0.25) is 19.4 Å². The van der Waals surface area contributed by atoms with Crippen molar-refractivity contribution in [3.8, 4) is 0 Å². The van der Waals surface area contributed by atoms with Crippen LogP contribution in [-0.4, -0.2) is 83.9 Å². The monoisotopic (exact) mass is 582 g/mol. The average Bonchev–Trinajstić information content (AvgIpc) is 2.89. The second-order valence-corrected chi connectivity index (χ2v) is 13.5. The lowest BCUT2D eigenvalue weighted by atomic mass is 9.91. The van der Waals surface area contributed by atoms with Crippen LogP contribution in [0, 0.1) is 11.8 Å². The quantitative estimate of drug-likeness (QED) is 0.369. The van der Waals surface area contributed by atoms with Crippen LogP contribution in [0.5, 0.6) is 0 Å². The van der Waals surface area contributed by atoms with E-state index >= 15 is 0 Å². The number of rotatable bonds is 8. The minimum absolute atomic E-state index is 0.0485. The van der Waals surface area contributed by atoms with Gasteiger partial charge in [-0.15, -0.1) is 0 Å². The fraction of sp³-hybridized carbons (Fsp3) is 0.710. The molecule has 42 heavy (non-hydrogen) atoms. The van der Waals surface area contributed by atoms with Crippen LogP contribution in [0.4, 0.5) is 4.79 Å². The number of nitrogens with zero attached hydrogens (tertiary/aromatic N) is 3. The Morgan fingerprint density at radius 1 is 0.976 bits per heavy atom. The molecule has 2 aliphatic heterocycles. The van der Waals surface area contributed by atoms with E-state index in [2.05, 4.69) is 10.3 Å². The van der Waals surface area contributed by atoms with Crippen molar-refractivity contribution in [1.82, 2.24) is 20.1 Å². The number of ether oxygens (including phenoxy) is 2. The van der Waals surface area contributed by atoms with Crippen molar-refractivity contribution in [1.29, 1.82) is 0 Å². The number of amides is 3. The fourth-order valence-electron chi connectivity index (χ4n) is 5.39. The molecule has 10 nitrogen and oxygen atoms in total. The predicted molar refractivity (Wildman–Crippen MR) is 160 cm³/mol. The van der Waals surface area contributed by atoms with Gasteiger partial charge in [0.25, 0.3) is 0 Å². The molecule has 2 radical (unpaired) electrons. The Morgan fingerprint density at radius 3 is 2.26 bits per heavy atom. The maximum absolute atomic E-state index is 13.4. The Morgan fingerprint density at radius 2 is 1.64 bits per heavy atom. The summed E-state index contributed by atoms with van der Waals surface area (Å²) in [4.78, 5) is 59.1. The first-order chi connectivity index (χ1) is 19.6. The second-order valence-electron chi connectivity index (χ2n) is 13.5. The number of esters is 1. The number of piperidine rings is 2. The van der Waals surface area contributed by atoms with E-state index in [0.29, 0.717) is 56.0 Å². The minimum Gasteiger partial charge on any atom is -0.460 e. The van der Waals surface area contributed by atoms with Gasteiger partial charge in [0.2, 0.25) is 11.8 Å². The van der Waals surface area contributed by atoms with Crippen molar-refractivity contribution in [2.24, 2.45) is 11.8 Å². The molecule has 3 heterocycles. The van der Waals surface area contributed by atoms with E-state index in [1.54, 1.807) is 42.8 Å². The van der Waals surface area contributed by atoms with Crippen molar-refractivity contribution in [3.05, 3.63) is 24.0 Å². The summed E-state index contributed by atoms with van der Waals surface area (Å²) < 4.78 is 11.0. The Kier molecular flexibility index (Phi) is 11.4. The third kappa shape index (κ3) is 10.9. The van der Waals surface area contributed by atoms with Gasteiger partial charge < -0.3 is 24.6 Å². The molecule has 3 amide bonds. The van der Waals surface area contributed by atoms with Crippen molar-refractivity contribution in [3.63, 3.8) is 0 Å². The minimum atomic E-state index is -0.654. The van der Waals surface area contributed by atoms with Gasteiger partial charge in [-0.05, 0) is 85.1 Å². The highest BCUT2D eigenvalue weighted by Gasteiger charge is 2.32. The highest BCUT2D eigenvalue weighted by Crippen LogP contribution is 2.26. The molecule has 3 rings (SSSR count). The predicted octanol–water partition coefficient (Wildman–Crippen LogP) is 3.43. The van der Waals surface area contributed by atoms with Crippen LogP contribution in [0.2, 0.25) is 0 Å². The summed E-state index contributed by atoms with van der Waals surface area (Å²) >= 11 is 0. The van der Waals surface area contributed by atoms with Gasteiger partial charge >= 0.3 is 12.1 Å². The van der Waals surface area contributed by atoms with Crippen molar-refractivity contribution < 1.29 is 28.7 Å². The van der Waals surface area contributed by atoms with Crippen LogP contribution < -0.4 is 10.8 Å². The second kappa shape index (κ2) is 14.4. The van der Waals surface area contributed by atoms with Crippen LogP contribution >= 0.6 is 0 Å². The van der Waals surface area contributed by atoms with Crippen LogP contribution in [-0.2, 0) is 23.9 Å². The zero-order chi connectivity index (χ0) is 31.1. The van der Waals surface area contributed by atoms with Gasteiger partial charge in [0.15, 0.2) is 0 Å².